The molecule has 1 aromatic rings. The molecule has 0 bridgehead atoms. The maximum Gasteiger partial charge on any atom is 0.707 e. The Bertz CT molecular complexity index is 277. The first-order chi connectivity index (χ1) is 5.59. The van der Waals surface area contributed by atoms with Gasteiger partial charge in [0.25, 0.3) is 0 Å². The lowest BCUT2D eigenvalue weighted by Crippen LogP contribution is -2.21. The van der Waals surface area contributed by atoms with Crippen molar-refractivity contribution < 1.29 is 19.1 Å². The normalized spacial score (nSPS) is 9.67. The molecule has 12 heavy (non-hydrogen) atoms. The van der Waals surface area contributed by atoms with Gasteiger partial charge in [-0.2, -0.15) is 0 Å². The van der Waals surface area contributed by atoms with Crippen LogP contribution in [-0.2, 0) is 0 Å². The van der Waals surface area contributed by atoms with Gasteiger partial charge in [-0.05, 0) is 18.6 Å². The number of hydrogen-bond acceptors (Lipinski definition) is 3. The average molecular weight is 170 g/mol. The Labute approximate surface area is 69.6 Å². The summed E-state index contributed by atoms with van der Waals surface area (Å²) >= 11 is 0. The van der Waals surface area contributed by atoms with Gasteiger partial charge in [-0.1, -0.05) is 6.07 Å². The Balaban J connectivity index is 2.90. The molecule has 2 N–H and O–H groups in total. The van der Waals surface area contributed by atoms with Crippen molar-refractivity contribution in [3.63, 3.8) is 0 Å². The van der Waals surface area contributed by atoms with E-state index in [2.05, 4.69) is 4.65 Å². The van der Waals surface area contributed by atoms with E-state index in [4.69, 9.17) is 10.0 Å². The van der Waals surface area contributed by atoms with Crippen LogP contribution in [0, 0.1) is 12.7 Å². The van der Waals surface area contributed by atoms with Crippen LogP contribution in [0.3, 0.4) is 0 Å². The Morgan fingerprint density at radius 2 is 2.08 bits per heavy atom. The van der Waals surface area contributed by atoms with Crippen LogP contribution in [0.15, 0.2) is 18.2 Å². The number of rotatable bonds is 2. The highest BCUT2D eigenvalue weighted by Crippen LogP contribution is 2.18. The third-order valence-corrected chi connectivity index (χ3v) is 1.38. The molecule has 1 aromatic carbocycles. The van der Waals surface area contributed by atoms with Crippen LogP contribution in [0.25, 0.3) is 0 Å². The van der Waals surface area contributed by atoms with Crippen molar-refractivity contribution in [1.29, 1.82) is 0 Å². The summed E-state index contributed by atoms with van der Waals surface area (Å²) in [5.74, 6) is -0.346. The lowest BCUT2D eigenvalue weighted by Gasteiger charge is -2.07. The van der Waals surface area contributed by atoms with E-state index in [1.165, 1.54) is 12.1 Å². The van der Waals surface area contributed by atoms with E-state index in [0.717, 1.165) is 6.07 Å². The molecule has 0 aliphatic rings. The third-order valence-electron chi connectivity index (χ3n) is 1.38. The number of hydrogen-bond donors (Lipinski definition) is 2. The molecule has 0 radical (unpaired) electrons. The molecule has 0 saturated heterocycles. The van der Waals surface area contributed by atoms with E-state index in [0.29, 0.717) is 5.56 Å². The molecule has 0 aliphatic heterocycles. The predicted molar refractivity (Wildman–Crippen MR) is 42.0 cm³/mol. The van der Waals surface area contributed by atoms with Crippen LogP contribution in [-0.4, -0.2) is 17.4 Å². The van der Waals surface area contributed by atoms with E-state index < -0.39 is 13.1 Å². The van der Waals surface area contributed by atoms with Crippen LogP contribution in [0.2, 0.25) is 0 Å². The second-order valence-electron chi connectivity index (χ2n) is 2.35. The van der Waals surface area contributed by atoms with Gasteiger partial charge in [-0.3, -0.25) is 0 Å². The number of benzene rings is 1. The predicted octanol–water partition coefficient (Wildman–Crippen LogP) is 0.482. The van der Waals surface area contributed by atoms with Gasteiger partial charge in [0, 0.05) is 6.07 Å². The minimum Gasteiger partial charge on any atom is -0.512 e. The van der Waals surface area contributed by atoms with Crippen molar-refractivity contribution in [2.24, 2.45) is 0 Å². The third kappa shape index (κ3) is 2.22. The van der Waals surface area contributed by atoms with E-state index in [1.54, 1.807) is 6.92 Å². The van der Waals surface area contributed by atoms with E-state index in [9.17, 15) is 4.39 Å². The first-order valence-electron chi connectivity index (χ1n) is 3.38. The first-order valence-corrected chi connectivity index (χ1v) is 3.38. The van der Waals surface area contributed by atoms with Gasteiger partial charge in [0.05, 0.1) is 0 Å². The van der Waals surface area contributed by atoms with Gasteiger partial charge < -0.3 is 14.7 Å². The number of halogens is 1. The standard InChI is InChI=1S/C7H8BFO3/c1-5-2-3-6(9)4-7(5)12-8(10)11/h2-4,10-11H,1H3. The molecule has 0 saturated carbocycles. The van der Waals surface area contributed by atoms with Crippen LogP contribution in [0.4, 0.5) is 4.39 Å². The molecule has 64 valence electrons. The summed E-state index contributed by atoms with van der Waals surface area (Å²) in [5.41, 5.74) is 0.643. The van der Waals surface area contributed by atoms with Crippen LogP contribution >= 0.6 is 0 Å². The fourth-order valence-corrected chi connectivity index (χ4v) is 0.814. The van der Waals surface area contributed by atoms with Gasteiger partial charge >= 0.3 is 7.32 Å². The van der Waals surface area contributed by atoms with Gasteiger partial charge in [0.15, 0.2) is 0 Å². The molecule has 0 fully saturated rings. The molecule has 0 spiro atoms. The molecule has 0 amide bonds. The fourth-order valence-electron chi connectivity index (χ4n) is 0.814. The van der Waals surface area contributed by atoms with Crippen molar-refractivity contribution >= 4 is 7.32 Å². The first kappa shape index (κ1) is 9.03. The van der Waals surface area contributed by atoms with E-state index in [-0.39, 0.29) is 5.75 Å². The lowest BCUT2D eigenvalue weighted by molar-refractivity contribution is 0.287. The second kappa shape index (κ2) is 3.56. The highest BCUT2D eigenvalue weighted by Gasteiger charge is 2.12. The molecule has 0 heterocycles. The monoisotopic (exact) mass is 170 g/mol. The minimum atomic E-state index is -1.91. The van der Waals surface area contributed by atoms with Crippen LogP contribution < -0.4 is 4.65 Å². The smallest absolute Gasteiger partial charge is 0.512 e. The maximum absolute atomic E-state index is 12.6. The topological polar surface area (TPSA) is 49.7 Å². The Kier molecular flexibility index (Phi) is 2.67. The highest BCUT2D eigenvalue weighted by molar-refractivity contribution is 6.33. The Hall–Kier alpha value is -1.07. The summed E-state index contributed by atoms with van der Waals surface area (Å²) in [5, 5.41) is 16.9. The van der Waals surface area contributed by atoms with E-state index in [1.807, 2.05) is 0 Å². The SMILES string of the molecule is Cc1ccc(F)cc1OB(O)O. The maximum atomic E-state index is 12.6. The van der Waals surface area contributed by atoms with Crippen molar-refractivity contribution in [3.05, 3.63) is 29.6 Å². The molecule has 0 aliphatic carbocycles. The van der Waals surface area contributed by atoms with Gasteiger partial charge in [-0.25, -0.2) is 4.39 Å². The molecule has 3 nitrogen and oxygen atoms in total. The summed E-state index contributed by atoms with van der Waals surface area (Å²) < 4.78 is 17.1. The second-order valence-corrected chi connectivity index (χ2v) is 2.35. The summed E-state index contributed by atoms with van der Waals surface area (Å²) in [4.78, 5) is 0. The van der Waals surface area contributed by atoms with Gasteiger partial charge in [-0.15, -0.1) is 0 Å². The zero-order valence-corrected chi connectivity index (χ0v) is 6.49. The summed E-state index contributed by atoms with van der Waals surface area (Å²) in [7, 11) is -1.91. The lowest BCUT2D eigenvalue weighted by atomic mass is 10.2. The molecule has 0 aromatic heterocycles. The zero-order valence-electron chi connectivity index (χ0n) is 6.49. The summed E-state index contributed by atoms with van der Waals surface area (Å²) in [6, 6.07) is 3.85. The molecular formula is C7H8BFO3. The van der Waals surface area contributed by atoms with Crippen LogP contribution in [0.1, 0.15) is 5.56 Å². The zero-order chi connectivity index (χ0) is 9.14. The van der Waals surface area contributed by atoms with Crippen molar-refractivity contribution in [2.45, 2.75) is 6.92 Å². The quantitative estimate of drug-likeness (QED) is 0.634. The Morgan fingerprint density at radius 1 is 1.42 bits per heavy atom. The molecule has 0 unspecified atom stereocenters. The van der Waals surface area contributed by atoms with E-state index >= 15 is 0 Å². The summed E-state index contributed by atoms with van der Waals surface area (Å²) in [6.07, 6.45) is 0. The molecular weight excluding hydrogens is 162 g/mol. The van der Waals surface area contributed by atoms with Crippen molar-refractivity contribution in [3.8, 4) is 5.75 Å². The fraction of sp³-hybridized carbons (Fsp3) is 0.143. The number of aryl methyl sites for hydroxylation is 1. The largest absolute Gasteiger partial charge is 0.707 e. The average Bonchev–Trinajstić information content (AvgIpc) is 1.96. The summed E-state index contributed by atoms with van der Waals surface area (Å²) in [6.45, 7) is 1.68. The van der Waals surface area contributed by atoms with Crippen molar-refractivity contribution in [1.82, 2.24) is 0 Å². The molecule has 1 rings (SSSR count). The van der Waals surface area contributed by atoms with Gasteiger partial charge in [0.2, 0.25) is 0 Å². The minimum absolute atomic E-state index is 0.130. The highest BCUT2D eigenvalue weighted by atomic mass is 19.1. The molecule has 0 atom stereocenters. The van der Waals surface area contributed by atoms with Gasteiger partial charge in [0.1, 0.15) is 11.6 Å². The van der Waals surface area contributed by atoms with Crippen LogP contribution in [0.5, 0.6) is 5.75 Å². The Morgan fingerprint density at radius 3 is 2.67 bits per heavy atom. The molecule has 5 heteroatoms. The van der Waals surface area contributed by atoms with Crippen molar-refractivity contribution in [2.75, 3.05) is 0 Å².